The number of hydrogen-bond acceptors (Lipinski definition) is 10. The molecule has 2 unspecified atom stereocenters. The fourth-order valence-electron chi connectivity index (χ4n) is 8.45. The van der Waals surface area contributed by atoms with Crippen molar-refractivity contribution in [2.24, 2.45) is 0 Å². The molecule has 0 aliphatic carbocycles. The maximum absolute atomic E-state index is 15.1. The number of aromatic nitrogens is 4. The van der Waals surface area contributed by atoms with Crippen LogP contribution in [0.4, 0.5) is 26.3 Å². The number of thiophene rings is 2. The molecular weight excluding hydrogens is 1070 g/mol. The minimum Gasteiger partial charge on any atom is -0.492 e. The molecule has 2 atom stereocenters. The molecule has 6 aromatic rings. The first-order valence-corrected chi connectivity index (χ1v) is 26.7. The molecule has 2 aromatic carbocycles. The number of hydrogen-bond donors (Lipinski definition) is 2. The second-order valence-corrected chi connectivity index (χ2v) is 23.1. The third-order valence-electron chi connectivity index (χ3n) is 11.5. The van der Waals surface area contributed by atoms with Crippen LogP contribution < -0.4 is 9.47 Å². The SMILES string of the molecule is O=S(=O)(O)c1cc2c(s1)-c1c(c(C(CCCCCCCCC(c3nn(-c4ccc(Cl)cc4Cl)c4c3CCOc3cc(S(=O)(=O)O)sc3-4)C(F)(F)F)C(F)(F)F)nn1-c1ccc(Cl)cc1Cl)CCO2. The van der Waals surface area contributed by atoms with Gasteiger partial charge in [-0.2, -0.15) is 53.4 Å². The van der Waals surface area contributed by atoms with Crippen molar-refractivity contribution in [1.82, 2.24) is 19.6 Å². The van der Waals surface area contributed by atoms with E-state index < -0.39 is 65.7 Å². The summed E-state index contributed by atoms with van der Waals surface area (Å²) in [6, 6.07) is 10.8. The van der Waals surface area contributed by atoms with Gasteiger partial charge in [0.05, 0.1) is 79.0 Å². The van der Waals surface area contributed by atoms with Crippen LogP contribution in [0, 0.1) is 0 Å². The Balaban J connectivity index is 0.992. The van der Waals surface area contributed by atoms with Crippen LogP contribution >= 0.6 is 69.1 Å². The molecule has 0 fully saturated rings. The van der Waals surface area contributed by atoms with Crippen molar-refractivity contribution in [3.63, 3.8) is 0 Å². The average Bonchev–Trinajstić information content (AvgIpc) is 3.97. The topological polar surface area (TPSA) is 163 Å². The maximum Gasteiger partial charge on any atom is 0.397 e. The number of halogens is 10. The van der Waals surface area contributed by atoms with Gasteiger partial charge in [0.15, 0.2) is 8.42 Å². The first-order chi connectivity index (χ1) is 31.9. The molecule has 8 rings (SSSR count). The van der Waals surface area contributed by atoms with E-state index in [1.54, 1.807) is 0 Å². The van der Waals surface area contributed by atoms with Crippen molar-refractivity contribution in [2.45, 2.75) is 96.8 Å². The number of rotatable bonds is 15. The third kappa shape index (κ3) is 10.5. The zero-order valence-corrected chi connectivity index (χ0v) is 41.1. The van der Waals surface area contributed by atoms with Crippen LogP contribution in [0.2, 0.25) is 20.1 Å². The molecule has 12 nitrogen and oxygen atoms in total. The minimum absolute atomic E-state index is 0.0278. The Morgan fingerprint density at radius 2 is 0.971 bits per heavy atom. The Hall–Kier alpha value is -3.58. The Morgan fingerprint density at radius 1 is 0.603 bits per heavy atom. The molecule has 68 heavy (non-hydrogen) atoms. The van der Waals surface area contributed by atoms with Crippen LogP contribution in [0.3, 0.4) is 0 Å². The lowest BCUT2D eigenvalue weighted by atomic mass is 9.91. The van der Waals surface area contributed by atoms with Gasteiger partial charge < -0.3 is 9.47 Å². The molecule has 0 amide bonds. The van der Waals surface area contributed by atoms with E-state index in [9.17, 15) is 25.9 Å². The van der Waals surface area contributed by atoms with E-state index in [4.69, 9.17) is 55.9 Å². The van der Waals surface area contributed by atoms with Crippen molar-refractivity contribution in [2.75, 3.05) is 13.2 Å². The van der Waals surface area contributed by atoms with E-state index in [-0.39, 0.29) is 126 Å². The van der Waals surface area contributed by atoms with E-state index in [1.165, 1.54) is 45.8 Å². The molecule has 366 valence electrons. The summed E-state index contributed by atoms with van der Waals surface area (Å²) in [5, 5.41) is 9.53. The summed E-state index contributed by atoms with van der Waals surface area (Å²) in [4.78, 5) is 0.247. The lowest BCUT2D eigenvalue weighted by molar-refractivity contribution is -0.154. The van der Waals surface area contributed by atoms with Crippen LogP contribution in [0.5, 0.6) is 11.5 Å². The number of alkyl halides is 6. The van der Waals surface area contributed by atoms with E-state index in [0.717, 1.165) is 12.1 Å². The standard InChI is InChI=1S/C42H36Cl4F6N4O8S4/c43-21-9-11-29(27(45)17-21)55-37-23(13-15-63-31-19-33(65-39(31)37)67(57,58)59)35(53-55)25(41(47,48)49)7-5-3-1-2-4-6-8-26(42(50,51)52)36-24-14-16-64-32-20-34(68(60,61)62)66-40(32)38(24)56(54-36)30-12-10-22(44)18-28(30)46/h9-12,17-20,25-26H,1-8,13-16H2,(H,57,58,59)(H,60,61,62). The van der Waals surface area contributed by atoms with Crippen molar-refractivity contribution in [1.29, 1.82) is 0 Å². The smallest absolute Gasteiger partial charge is 0.397 e. The Morgan fingerprint density at radius 3 is 1.31 bits per heavy atom. The molecule has 6 heterocycles. The van der Waals surface area contributed by atoms with Gasteiger partial charge in [0.1, 0.15) is 11.5 Å². The zero-order valence-electron chi connectivity index (χ0n) is 34.8. The van der Waals surface area contributed by atoms with Crippen molar-refractivity contribution in [3.05, 3.63) is 91.1 Å². The van der Waals surface area contributed by atoms with E-state index >= 15 is 26.3 Å². The third-order valence-corrected chi connectivity index (χ3v) is 17.4. The van der Waals surface area contributed by atoms with Gasteiger partial charge in [0.25, 0.3) is 0 Å². The van der Waals surface area contributed by atoms with Gasteiger partial charge in [-0.05, 0) is 49.2 Å². The Bertz CT molecular complexity index is 2910. The fraction of sp³-hybridized carbons (Fsp3) is 0.381. The van der Waals surface area contributed by atoms with Crippen molar-refractivity contribution < 1.29 is 61.8 Å². The number of nitrogens with zero attached hydrogens (tertiary/aromatic N) is 4. The first kappa shape index (κ1) is 50.8. The molecule has 2 N–H and O–H groups in total. The van der Waals surface area contributed by atoms with Crippen LogP contribution in [-0.2, 0) is 33.1 Å². The summed E-state index contributed by atoms with van der Waals surface area (Å²) in [6.07, 6.45) is -8.80. The lowest BCUT2D eigenvalue weighted by Gasteiger charge is -2.20. The number of ether oxygens (including phenoxy) is 2. The average molecular weight is 1110 g/mol. The zero-order chi connectivity index (χ0) is 49.1. The maximum atomic E-state index is 15.1. The molecule has 2 aliphatic heterocycles. The number of unbranched alkanes of at least 4 members (excludes halogenated alkanes) is 5. The molecule has 0 saturated heterocycles. The monoisotopic (exact) mass is 1110 g/mol. The van der Waals surface area contributed by atoms with Gasteiger partial charge in [0, 0.05) is 46.1 Å². The minimum atomic E-state index is -4.78. The predicted octanol–water partition coefficient (Wildman–Crippen LogP) is 13.6. The first-order valence-electron chi connectivity index (χ1n) is 20.7. The highest BCUT2D eigenvalue weighted by atomic mass is 35.5. The van der Waals surface area contributed by atoms with Crippen molar-refractivity contribution in [3.8, 4) is 44.0 Å². The van der Waals surface area contributed by atoms with Crippen molar-refractivity contribution >= 4 is 89.3 Å². The molecule has 0 saturated carbocycles. The summed E-state index contributed by atoms with van der Waals surface area (Å²) in [7, 11) is -9.42. The van der Waals surface area contributed by atoms with E-state index in [0.29, 0.717) is 48.4 Å². The predicted molar refractivity (Wildman–Crippen MR) is 246 cm³/mol. The largest absolute Gasteiger partial charge is 0.492 e. The summed E-state index contributed by atoms with van der Waals surface area (Å²) < 4.78 is 171. The van der Waals surface area contributed by atoms with E-state index in [1.807, 2.05) is 0 Å². The number of benzene rings is 2. The Kier molecular flexibility index (Phi) is 14.6. The highest BCUT2D eigenvalue weighted by Gasteiger charge is 2.46. The highest BCUT2D eigenvalue weighted by molar-refractivity contribution is 7.88. The van der Waals surface area contributed by atoms with Crippen LogP contribution in [0.25, 0.3) is 32.5 Å². The van der Waals surface area contributed by atoms with Gasteiger partial charge in [-0.25, -0.2) is 9.36 Å². The summed E-state index contributed by atoms with van der Waals surface area (Å²) in [6.45, 7) is -0.255. The van der Waals surface area contributed by atoms with Gasteiger partial charge >= 0.3 is 32.6 Å². The molecule has 0 radical (unpaired) electrons. The van der Waals surface area contributed by atoms with E-state index in [2.05, 4.69) is 10.2 Å². The molecule has 4 aromatic heterocycles. The van der Waals surface area contributed by atoms with Gasteiger partial charge in [-0.15, -0.1) is 22.7 Å². The molecule has 0 bridgehead atoms. The Labute approximate surface area is 413 Å². The molecule has 0 spiro atoms. The lowest BCUT2D eigenvalue weighted by Crippen LogP contribution is -2.23. The summed E-state index contributed by atoms with van der Waals surface area (Å²) >= 11 is 26.5. The van der Waals surface area contributed by atoms with Gasteiger partial charge in [0.2, 0.25) is 0 Å². The van der Waals surface area contributed by atoms with Crippen LogP contribution in [0.15, 0.2) is 56.9 Å². The van der Waals surface area contributed by atoms with Crippen LogP contribution in [0.1, 0.15) is 85.7 Å². The number of fused-ring (bicyclic) bond motifs is 6. The van der Waals surface area contributed by atoms with Crippen LogP contribution in [-0.4, -0.2) is 71.1 Å². The van der Waals surface area contributed by atoms with Gasteiger partial charge in [-0.1, -0.05) is 84.9 Å². The normalized spacial score (nSPS) is 15.1. The summed E-state index contributed by atoms with van der Waals surface area (Å²) in [5.74, 6) is -4.10. The summed E-state index contributed by atoms with van der Waals surface area (Å²) in [5.41, 5.74) is 0.261. The quantitative estimate of drug-likeness (QED) is 0.0575. The molecule has 2 aliphatic rings. The van der Waals surface area contributed by atoms with Gasteiger partial charge in [-0.3, -0.25) is 9.11 Å². The second-order valence-electron chi connectivity index (χ2n) is 16.0. The molecular formula is C42H36Cl4F6N4O8S4. The fourth-order valence-corrected chi connectivity index (χ4v) is 13.1. The molecule has 26 heteroatoms. The highest BCUT2D eigenvalue weighted by Crippen LogP contribution is 2.51. The second kappa shape index (κ2) is 19.6.